The summed E-state index contributed by atoms with van der Waals surface area (Å²) in [5.74, 6) is 0.355. The van der Waals surface area contributed by atoms with Crippen molar-refractivity contribution < 1.29 is 4.79 Å². The monoisotopic (exact) mass is 344 g/mol. The van der Waals surface area contributed by atoms with Crippen LogP contribution in [0.15, 0.2) is 39.8 Å². The van der Waals surface area contributed by atoms with Gasteiger partial charge in [-0.15, -0.1) is 11.8 Å². The van der Waals surface area contributed by atoms with Crippen LogP contribution in [0.3, 0.4) is 0 Å². The second kappa shape index (κ2) is 5.91. The molecule has 2 rings (SSSR count). The van der Waals surface area contributed by atoms with Crippen molar-refractivity contribution in [1.29, 1.82) is 0 Å². The largest absolute Gasteiger partial charge is 0.291 e. The Morgan fingerprint density at radius 1 is 1.50 bits per heavy atom. The lowest BCUT2D eigenvalue weighted by Crippen LogP contribution is -2.09. The van der Waals surface area contributed by atoms with Gasteiger partial charge in [0.15, 0.2) is 5.78 Å². The number of ketones is 1. The second-order valence-corrected chi connectivity index (χ2v) is 5.89. The number of thioether (sulfide) groups is 1. The molecule has 18 heavy (non-hydrogen) atoms. The molecule has 0 unspecified atom stereocenters. The van der Waals surface area contributed by atoms with E-state index in [2.05, 4.69) is 21.0 Å². The van der Waals surface area contributed by atoms with Crippen molar-refractivity contribution >= 4 is 45.1 Å². The number of aryl methyl sites for hydroxylation is 1. The predicted molar refractivity (Wildman–Crippen MR) is 77.4 cm³/mol. The first-order valence-electron chi connectivity index (χ1n) is 5.17. The van der Waals surface area contributed by atoms with Crippen LogP contribution >= 0.6 is 39.3 Å². The van der Waals surface area contributed by atoms with Crippen molar-refractivity contribution in [3.63, 3.8) is 0 Å². The van der Waals surface area contributed by atoms with Crippen LogP contribution < -0.4 is 0 Å². The van der Waals surface area contributed by atoms with Crippen LogP contribution in [0.5, 0.6) is 0 Å². The SMILES string of the molecule is Cn1ncc(Br)c1C(=O)CSc1ccccc1Cl. The van der Waals surface area contributed by atoms with Crippen LogP contribution in [0.1, 0.15) is 10.5 Å². The average Bonchev–Trinajstić information content (AvgIpc) is 2.68. The Kier molecular flexibility index (Phi) is 4.48. The summed E-state index contributed by atoms with van der Waals surface area (Å²) in [5.41, 5.74) is 0.578. The maximum Gasteiger partial charge on any atom is 0.192 e. The number of hydrogen-bond acceptors (Lipinski definition) is 3. The lowest BCUT2D eigenvalue weighted by molar-refractivity contribution is 0.101. The minimum Gasteiger partial charge on any atom is -0.291 e. The van der Waals surface area contributed by atoms with Crippen molar-refractivity contribution in [3.8, 4) is 0 Å². The van der Waals surface area contributed by atoms with E-state index in [-0.39, 0.29) is 5.78 Å². The van der Waals surface area contributed by atoms with E-state index in [9.17, 15) is 4.79 Å². The molecule has 1 heterocycles. The predicted octanol–water partition coefficient (Wildman–Crippen LogP) is 3.81. The number of aromatic nitrogens is 2. The van der Waals surface area contributed by atoms with E-state index in [1.54, 1.807) is 17.9 Å². The molecule has 0 aliphatic rings. The quantitative estimate of drug-likeness (QED) is 0.624. The van der Waals surface area contributed by atoms with Gasteiger partial charge >= 0.3 is 0 Å². The Balaban J connectivity index is 2.08. The third-order valence-electron chi connectivity index (χ3n) is 2.35. The molecule has 2 aromatic rings. The van der Waals surface area contributed by atoms with Gasteiger partial charge in [0, 0.05) is 11.9 Å². The van der Waals surface area contributed by atoms with Gasteiger partial charge < -0.3 is 0 Å². The van der Waals surface area contributed by atoms with Gasteiger partial charge in [0.25, 0.3) is 0 Å². The number of Topliss-reactive ketones (excluding diaryl/α,β-unsaturated/α-hetero) is 1. The Hall–Kier alpha value is -0.780. The molecule has 0 saturated heterocycles. The highest BCUT2D eigenvalue weighted by molar-refractivity contribution is 9.10. The topological polar surface area (TPSA) is 34.9 Å². The van der Waals surface area contributed by atoms with Gasteiger partial charge in [-0.3, -0.25) is 9.48 Å². The molecule has 0 saturated carbocycles. The number of halogens is 2. The van der Waals surface area contributed by atoms with Crippen molar-refractivity contribution in [2.24, 2.45) is 7.05 Å². The summed E-state index contributed by atoms with van der Waals surface area (Å²) in [7, 11) is 1.75. The summed E-state index contributed by atoms with van der Waals surface area (Å²) in [6, 6.07) is 7.48. The van der Waals surface area contributed by atoms with E-state index in [1.165, 1.54) is 11.8 Å². The molecule has 0 spiro atoms. The van der Waals surface area contributed by atoms with E-state index in [0.717, 1.165) is 9.37 Å². The van der Waals surface area contributed by atoms with Crippen LogP contribution in [-0.2, 0) is 7.05 Å². The highest BCUT2D eigenvalue weighted by Gasteiger charge is 2.15. The van der Waals surface area contributed by atoms with E-state index in [1.807, 2.05) is 24.3 Å². The summed E-state index contributed by atoms with van der Waals surface area (Å²) in [4.78, 5) is 13.0. The van der Waals surface area contributed by atoms with E-state index >= 15 is 0 Å². The van der Waals surface area contributed by atoms with Gasteiger partial charge in [-0.25, -0.2) is 0 Å². The van der Waals surface area contributed by atoms with Crippen molar-refractivity contribution in [3.05, 3.63) is 45.7 Å². The molecule has 0 amide bonds. The molecule has 0 fully saturated rings. The lowest BCUT2D eigenvalue weighted by Gasteiger charge is -2.04. The smallest absolute Gasteiger partial charge is 0.192 e. The third kappa shape index (κ3) is 2.96. The zero-order valence-electron chi connectivity index (χ0n) is 9.56. The van der Waals surface area contributed by atoms with Crippen LogP contribution in [0.4, 0.5) is 0 Å². The number of nitrogens with zero attached hydrogens (tertiary/aromatic N) is 2. The van der Waals surface area contributed by atoms with Crippen LogP contribution in [0, 0.1) is 0 Å². The number of carbonyl (C=O) groups is 1. The van der Waals surface area contributed by atoms with Gasteiger partial charge in [-0.05, 0) is 28.1 Å². The molecule has 1 aromatic carbocycles. The molecule has 0 aliphatic heterocycles. The number of hydrogen-bond donors (Lipinski definition) is 0. The van der Waals surface area contributed by atoms with Gasteiger partial charge in [-0.1, -0.05) is 23.7 Å². The fourth-order valence-electron chi connectivity index (χ4n) is 1.50. The zero-order valence-corrected chi connectivity index (χ0v) is 12.7. The highest BCUT2D eigenvalue weighted by atomic mass is 79.9. The summed E-state index contributed by atoms with van der Waals surface area (Å²) in [6.07, 6.45) is 1.62. The first-order valence-corrected chi connectivity index (χ1v) is 7.33. The van der Waals surface area contributed by atoms with Crippen LogP contribution in [-0.4, -0.2) is 21.3 Å². The molecule has 0 atom stereocenters. The molecule has 1 aromatic heterocycles. The summed E-state index contributed by atoms with van der Waals surface area (Å²) in [6.45, 7) is 0. The van der Waals surface area contributed by atoms with Gasteiger partial charge in [0.05, 0.1) is 21.4 Å². The lowest BCUT2D eigenvalue weighted by atomic mass is 10.3. The second-order valence-electron chi connectivity index (χ2n) is 3.61. The fraction of sp³-hybridized carbons (Fsp3) is 0.167. The summed E-state index contributed by atoms with van der Waals surface area (Å²) in [5, 5.41) is 4.69. The van der Waals surface area contributed by atoms with E-state index < -0.39 is 0 Å². The summed E-state index contributed by atoms with van der Waals surface area (Å²) < 4.78 is 2.29. The Morgan fingerprint density at radius 2 is 2.22 bits per heavy atom. The zero-order chi connectivity index (χ0) is 13.1. The first kappa shape index (κ1) is 13.6. The molecule has 94 valence electrons. The van der Waals surface area contributed by atoms with Crippen molar-refractivity contribution in [2.45, 2.75) is 4.90 Å². The average molecular weight is 346 g/mol. The molecule has 6 heteroatoms. The molecule has 0 N–H and O–H groups in total. The van der Waals surface area contributed by atoms with Gasteiger partial charge in [0.2, 0.25) is 0 Å². The minimum atomic E-state index is 0.0202. The maximum atomic E-state index is 12.1. The van der Waals surface area contributed by atoms with Crippen molar-refractivity contribution in [1.82, 2.24) is 9.78 Å². The third-order valence-corrected chi connectivity index (χ3v) is 4.45. The number of rotatable bonds is 4. The highest BCUT2D eigenvalue weighted by Crippen LogP contribution is 2.27. The molecular formula is C12H10BrClN2OS. The van der Waals surface area contributed by atoms with E-state index in [0.29, 0.717) is 16.5 Å². The maximum absolute atomic E-state index is 12.1. The first-order chi connectivity index (χ1) is 8.59. The standard InChI is InChI=1S/C12H10BrClN2OS/c1-16-12(8(13)6-15-16)10(17)7-18-11-5-3-2-4-9(11)14/h2-6H,7H2,1H3. The van der Waals surface area contributed by atoms with Crippen LogP contribution in [0.2, 0.25) is 5.02 Å². The normalized spacial score (nSPS) is 10.6. The molecule has 0 radical (unpaired) electrons. The van der Waals surface area contributed by atoms with Crippen LogP contribution in [0.25, 0.3) is 0 Å². The molecule has 3 nitrogen and oxygen atoms in total. The Labute approximate surface area is 123 Å². The minimum absolute atomic E-state index is 0.0202. The van der Waals surface area contributed by atoms with Gasteiger partial charge in [0.1, 0.15) is 5.69 Å². The fourth-order valence-corrected chi connectivity index (χ4v) is 3.17. The number of carbonyl (C=O) groups excluding carboxylic acids is 1. The van der Waals surface area contributed by atoms with E-state index in [4.69, 9.17) is 11.6 Å². The molecule has 0 bridgehead atoms. The Morgan fingerprint density at radius 3 is 2.83 bits per heavy atom. The molecule has 0 aliphatic carbocycles. The van der Waals surface area contributed by atoms with Gasteiger partial charge in [-0.2, -0.15) is 5.10 Å². The van der Waals surface area contributed by atoms with Crippen molar-refractivity contribution in [2.75, 3.05) is 5.75 Å². The molecular weight excluding hydrogens is 336 g/mol. The Bertz CT molecular complexity index is 566. The summed E-state index contributed by atoms with van der Waals surface area (Å²) >= 11 is 10.8. The number of benzene rings is 1.